The number of rotatable bonds is 7. The first-order valence-electron chi connectivity index (χ1n) is 6.24. The molecule has 21 heavy (non-hydrogen) atoms. The fourth-order valence-corrected chi connectivity index (χ4v) is 1.60. The minimum atomic E-state index is -0.976. The van der Waals surface area contributed by atoms with Gasteiger partial charge in [0, 0.05) is 18.6 Å². The number of allylic oxidation sites excluding steroid dienone is 1. The van der Waals surface area contributed by atoms with Crippen molar-refractivity contribution in [2.45, 2.75) is 25.9 Å². The summed E-state index contributed by atoms with van der Waals surface area (Å²) in [4.78, 5) is 32.4. The van der Waals surface area contributed by atoms with Crippen molar-refractivity contribution in [1.82, 2.24) is 0 Å². The Morgan fingerprint density at radius 1 is 1.38 bits per heavy atom. The van der Waals surface area contributed by atoms with Gasteiger partial charge in [-0.15, -0.1) is 0 Å². The highest BCUT2D eigenvalue weighted by Gasteiger charge is 2.16. The molecule has 1 rings (SSSR count). The van der Waals surface area contributed by atoms with Gasteiger partial charge in [-0.3, -0.25) is 14.9 Å². The predicted molar refractivity (Wildman–Crippen MR) is 74.0 cm³/mol. The number of carboxylic acids is 1. The average molecular weight is 293 g/mol. The fourth-order valence-electron chi connectivity index (χ4n) is 1.60. The number of nitro benzene ring substituents is 1. The number of benzene rings is 1. The maximum absolute atomic E-state index is 11.9. The smallest absolute Gasteiger partial charge is 0.338 e. The van der Waals surface area contributed by atoms with Gasteiger partial charge >= 0.3 is 11.9 Å². The Kier molecular flexibility index (Phi) is 6.06. The van der Waals surface area contributed by atoms with Crippen LogP contribution in [0.4, 0.5) is 5.69 Å². The summed E-state index contributed by atoms with van der Waals surface area (Å²) in [6.45, 7) is 1.73. The molecule has 0 amide bonds. The maximum Gasteiger partial charge on any atom is 0.338 e. The first-order valence-corrected chi connectivity index (χ1v) is 6.24. The lowest BCUT2D eigenvalue weighted by atomic mass is 10.1. The number of nitro groups is 1. The molecule has 1 N–H and O–H groups in total. The third kappa shape index (κ3) is 5.43. The minimum Gasteiger partial charge on any atom is -0.481 e. The number of hydrogen-bond acceptors (Lipinski definition) is 5. The van der Waals surface area contributed by atoms with Crippen molar-refractivity contribution in [1.29, 1.82) is 0 Å². The van der Waals surface area contributed by atoms with Crippen LogP contribution in [0.25, 0.3) is 0 Å². The van der Waals surface area contributed by atoms with Crippen LogP contribution in [0, 0.1) is 10.1 Å². The standard InChI is InChI=1S/C14H15NO6/c1-2-3-12(8-9-13(16)17)21-14(18)10-4-6-11(7-5-10)15(19)20/h2-7,12H,8-9H2,1H3,(H,16,17)/b3-2+/t12-/m0/s1. The van der Waals surface area contributed by atoms with Gasteiger partial charge in [-0.1, -0.05) is 6.08 Å². The maximum atomic E-state index is 11.9. The summed E-state index contributed by atoms with van der Waals surface area (Å²) in [5.74, 6) is -1.63. The zero-order valence-corrected chi connectivity index (χ0v) is 11.4. The first kappa shape index (κ1) is 16.4. The monoisotopic (exact) mass is 293 g/mol. The van der Waals surface area contributed by atoms with Crippen LogP contribution in [-0.4, -0.2) is 28.1 Å². The third-order valence-corrected chi connectivity index (χ3v) is 2.62. The number of hydrogen-bond donors (Lipinski definition) is 1. The molecule has 0 aromatic heterocycles. The van der Waals surface area contributed by atoms with Crippen molar-refractivity contribution >= 4 is 17.6 Å². The molecule has 7 heteroatoms. The van der Waals surface area contributed by atoms with E-state index < -0.39 is 23.0 Å². The van der Waals surface area contributed by atoms with Crippen LogP contribution in [0.2, 0.25) is 0 Å². The third-order valence-electron chi connectivity index (χ3n) is 2.62. The molecular weight excluding hydrogens is 278 g/mol. The quantitative estimate of drug-likeness (QED) is 0.358. The summed E-state index contributed by atoms with van der Waals surface area (Å²) in [7, 11) is 0. The summed E-state index contributed by atoms with van der Waals surface area (Å²) in [6.07, 6.45) is 2.65. The molecule has 1 atom stereocenters. The zero-order valence-electron chi connectivity index (χ0n) is 11.4. The highest BCUT2D eigenvalue weighted by molar-refractivity contribution is 5.89. The molecule has 0 spiro atoms. The Bertz CT molecular complexity index is 549. The van der Waals surface area contributed by atoms with Crippen LogP contribution in [0.3, 0.4) is 0 Å². The van der Waals surface area contributed by atoms with Gasteiger partial charge in [-0.05, 0) is 31.6 Å². The van der Waals surface area contributed by atoms with E-state index >= 15 is 0 Å². The number of aliphatic carboxylic acids is 1. The van der Waals surface area contributed by atoms with Gasteiger partial charge in [0.1, 0.15) is 6.10 Å². The second-order valence-electron chi connectivity index (χ2n) is 4.21. The van der Waals surface area contributed by atoms with E-state index in [9.17, 15) is 19.7 Å². The number of carbonyl (C=O) groups is 2. The number of nitrogens with zero attached hydrogens (tertiary/aromatic N) is 1. The summed E-state index contributed by atoms with van der Waals surface area (Å²) in [5.41, 5.74) is 0.0489. The lowest BCUT2D eigenvalue weighted by molar-refractivity contribution is -0.384. The summed E-state index contributed by atoms with van der Waals surface area (Å²) in [5, 5.41) is 19.2. The SMILES string of the molecule is C/C=C/[C@@H](CCC(=O)O)OC(=O)c1ccc([N+](=O)[O-])cc1. The van der Waals surface area contributed by atoms with Gasteiger partial charge in [0.2, 0.25) is 0 Å². The van der Waals surface area contributed by atoms with Gasteiger partial charge in [0.25, 0.3) is 5.69 Å². The molecule has 0 aliphatic heterocycles. The van der Waals surface area contributed by atoms with Crippen molar-refractivity contribution in [3.05, 3.63) is 52.1 Å². The number of esters is 1. The minimum absolute atomic E-state index is 0.122. The van der Waals surface area contributed by atoms with E-state index in [2.05, 4.69) is 0 Å². The van der Waals surface area contributed by atoms with E-state index in [0.29, 0.717) is 0 Å². The van der Waals surface area contributed by atoms with Crippen molar-refractivity contribution in [2.24, 2.45) is 0 Å². The van der Waals surface area contributed by atoms with E-state index in [1.165, 1.54) is 24.3 Å². The number of carboxylic acid groups (broad SMARTS) is 1. The Labute approximate surface area is 121 Å². The molecule has 0 fully saturated rings. The molecule has 0 radical (unpaired) electrons. The Hall–Kier alpha value is -2.70. The fraction of sp³-hybridized carbons (Fsp3) is 0.286. The van der Waals surface area contributed by atoms with Crippen molar-refractivity contribution in [2.75, 3.05) is 0 Å². The van der Waals surface area contributed by atoms with Crippen LogP contribution < -0.4 is 0 Å². The van der Waals surface area contributed by atoms with Crippen molar-refractivity contribution in [3.63, 3.8) is 0 Å². The molecule has 112 valence electrons. The first-order chi connectivity index (χ1) is 9.93. The molecule has 1 aromatic carbocycles. The van der Waals surface area contributed by atoms with E-state index in [1.54, 1.807) is 19.1 Å². The Morgan fingerprint density at radius 3 is 2.48 bits per heavy atom. The highest BCUT2D eigenvalue weighted by atomic mass is 16.6. The molecule has 0 aliphatic rings. The predicted octanol–water partition coefficient (Wildman–Crippen LogP) is 2.56. The molecule has 0 heterocycles. The van der Waals surface area contributed by atoms with Gasteiger partial charge in [0.15, 0.2) is 0 Å². The molecular formula is C14H15NO6. The second kappa shape index (κ2) is 7.78. The topological polar surface area (TPSA) is 107 Å². The number of ether oxygens (including phenoxy) is 1. The van der Waals surface area contributed by atoms with Crippen molar-refractivity contribution < 1.29 is 24.4 Å². The van der Waals surface area contributed by atoms with E-state index in [-0.39, 0.29) is 24.1 Å². The molecule has 0 saturated heterocycles. The Morgan fingerprint density at radius 2 is 2.00 bits per heavy atom. The molecule has 0 aliphatic carbocycles. The lowest BCUT2D eigenvalue weighted by Crippen LogP contribution is -2.17. The number of non-ortho nitro benzene ring substituents is 1. The van der Waals surface area contributed by atoms with Gasteiger partial charge in [-0.2, -0.15) is 0 Å². The van der Waals surface area contributed by atoms with Gasteiger partial charge in [0.05, 0.1) is 10.5 Å². The normalized spacial score (nSPS) is 12.0. The van der Waals surface area contributed by atoms with E-state index in [4.69, 9.17) is 9.84 Å². The molecule has 0 bridgehead atoms. The number of carbonyl (C=O) groups excluding carboxylic acids is 1. The van der Waals surface area contributed by atoms with Crippen LogP contribution in [0.5, 0.6) is 0 Å². The summed E-state index contributed by atoms with van der Waals surface area (Å²) >= 11 is 0. The highest BCUT2D eigenvalue weighted by Crippen LogP contribution is 2.14. The summed E-state index contributed by atoms with van der Waals surface area (Å²) in [6, 6.07) is 5.01. The molecule has 7 nitrogen and oxygen atoms in total. The van der Waals surface area contributed by atoms with Crippen LogP contribution >= 0.6 is 0 Å². The second-order valence-corrected chi connectivity index (χ2v) is 4.21. The van der Waals surface area contributed by atoms with Gasteiger partial charge in [-0.25, -0.2) is 4.79 Å². The molecule has 0 saturated carbocycles. The summed E-state index contributed by atoms with van der Waals surface area (Å²) < 4.78 is 5.17. The van der Waals surface area contributed by atoms with Crippen LogP contribution in [0.15, 0.2) is 36.4 Å². The zero-order chi connectivity index (χ0) is 15.8. The average Bonchev–Trinajstić information content (AvgIpc) is 2.45. The van der Waals surface area contributed by atoms with Crippen molar-refractivity contribution in [3.8, 4) is 0 Å². The molecule has 0 unspecified atom stereocenters. The van der Waals surface area contributed by atoms with Crippen LogP contribution in [0.1, 0.15) is 30.1 Å². The molecule has 1 aromatic rings. The largest absolute Gasteiger partial charge is 0.481 e. The van der Waals surface area contributed by atoms with Crippen LogP contribution in [-0.2, 0) is 9.53 Å². The van der Waals surface area contributed by atoms with E-state index in [0.717, 1.165) is 0 Å². The lowest BCUT2D eigenvalue weighted by Gasteiger charge is -2.13. The van der Waals surface area contributed by atoms with E-state index in [1.807, 2.05) is 0 Å². The van der Waals surface area contributed by atoms with Gasteiger partial charge < -0.3 is 9.84 Å². The Balaban J connectivity index is 2.72.